The van der Waals surface area contributed by atoms with E-state index in [4.69, 9.17) is 9.84 Å². The van der Waals surface area contributed by atoms with Gasteiger partial charge in [0.1, 0.15) is 5.75 Å². The molecule has 2 aromatic rings. The van der Waals surface area contributed by atoms with Gasteiger partial charge in [0, 0.05) is 17.7 Å². The summed E-state index contributed by atoms with van der Waals surface area (Å²) in [4.78, 5) is 23.5. The molecule has 0 saturated heterocycles. The molecule has 0 bridgehead atoms. The lowest BCUT2D eigenvalue weighted by Gasteiger charge is -2.04. The van der Waals surface area contributed by atoms with Gasteiger partial charge in [-0.25, -0.2) is 0 Å². The van der Waals surface area contributed by atoms with Crippen molar-refractivity contribution in [3.63, 3.8) is 0 Å². The first-order valence-electron chi connectivity index (χ1n) is 8.10. The molecule has 6 heteroatoms. The van der Waals surface area contributed by atoms with E-state index in [0.717, 1.165) is 45.5 Å². The summed E-state index contributed by atoms with van der Waals surface area (Å²) in [6.45, 7) is 2.57. The van der Waals surface area contributed by atoms with Gasteiger partial charge in [-0.2, -0.15) is 0 Å². The lowest BCUT2D eigenvalue weighted by atomic mass is 10.1. The van der Waals surface area contributed by atoms with Crippen LogP contribution in [0.4, 0.5) is 0 Å². The SMILES string of the molecule is COc1ccc2sc(C(=O)NCCCCCCC(=O)O)c(C)c2c1. The molecule has 130 valence electrons. The van der Waals surface area contributed by atoms with E-state index in [2.05, 4.69) is 5.32 Å². The zero-order valence-corrected chi connectivity index (χ0v) is 14.9. The number of carbonyl (C=O) groups excluding carboxylic acids is 1. The lowest BCUT2D eigenvalue weighted by Crippen LogP contribution is -2.24. The highest BCUT2D eigenvalue weighted by Crippen LogP contribution is 2.33. The number of nitrogens with one attached hydrogen (secondary N) is 1. The number of carboxylic acid groups (broad SMARTS) is 1. The van der Waals surface area contributed by atoms with Crippen LogP contribution in [0.2, 0.25) is 0 Å². The topological polar surface area (TPSA) is 75.6 Å². The second kappa shape index (κ2) is 8.68. The number of amides is 1. The highest BCUT2D eigenvalue weighted by Gasteiger charge is 2.15. The number of hydrogen-bond donors (Lipinski definition) is 2. The van der Waals surface area contributed by atoms with E-state index in [0.29, 0.717) is 13.0 Å². The van der Waals surface area contributed by atoms with Gasteiger partial charge in [0.2, 0.25) is 0 Å². The van der Waals surface area contributed by atoms with Gasteiger partial charge in [0.25, 0.3) is 5.91 Å². The largest absolute Gasteiger partial charge is 0.497 e. The van der Waals surface area contributed by atoms with Crippen molar-refractivity contribution in [3.8, 4) is 5.75 Å². The quantitative estimate of drug-likeness (QED) is 0.671. The van der Waals surface area contributed by atoms with Crippen molar-refractivity contribution in [2.75, 3.05) is 13.7 Å². The third-order valence-corrected chi connectivity index (χ3v) is 5.22. The highest BCUT2D eigenvalue weighted by atomic mass is 32.1. The molecule has 0 aliphatic rings. The van der Waals surface area contributed by atoms with Crippen molar-refractivity contribution in [1.29, 1.82) is 0 Å². The number of rotatable bonds is 9. The zero-order chi connectivity index (χ0) is 17.5. The third kappa shape index (κ3) is 4.71. The van der Waals surface area contributed by atoms with E-state index in [-0.39, 0.29) is 12.3 Å². The number of hydrogen-bond acceptors (Lipinski definition) is 4. The second-order valence-corrected chi connectivity index (χ2v) is 6.78. The average Bonchev–Trinajstić information content (AvgIpc) is 2.90. The molecule has 0 aliphatic heterocycles. The first-order chi connectivity index (χ1) is 11.5. The Morgan fingerprint density at radius 1 is 1.21 bits per heavy atom. The van der Waals surface area contributed by atoms with Gasteiger partial charge in [-0.1, -0.05) is 12.8 Å². The second-order valence-electron chi connectivity index (χ2n) is 5.73. The number of carboxylic acids is 1. The third-order valence-electron chi connectivity index (χ3n) is 3.95. The molecule has 2 N–H and O–H groups in total. The Bertz CT molecular complexity index is 723. The fraction of sp³-hybridized carbons (Fsp3) is 0.444. The summed E-state index contributed by atoms with van der Waals surface area (Å²) in [5.41, 5.74) is 0.979. The number of fused-ring (bicyclic) bond motifs is 1. The summed E-state index contributed by atoms with van der Waals surface area (Å²) in [6.07, 6.45) is 3.58. The Kier molecular flexibility index (Phi) is 6.61. The molecule has 24 heavy (non-hydrogen) atoms. The molecule has 0 spiro atoms. The Balaban J connectivity index is 1.85. The standard InChI is InChI=1S/C18H23NO4S/c1-12-14-11-13(23-2)8-9-15(14)24-17(12)18(22)19-10-6-4-3-5-7-16(20)21/h8-9,11H,3-7,10H2,1-2H3,(H,19,22)(H,20,21). The molecular weight excluding hydrogens is 326 g/mol. The monoisotopic (exact) mass is 349 g/mol. The number of aryl methyl sites for hydroxylation is 1. The molecule has 2 rings (SSSR count). The van der Waals surface area contributed by atoms with Crippen LogP contribution in [-0.2, 0) is 4.79 Å². The van der Waals surface area contributed by atoms with Gasteiger partial charge < -0.3 is 15.2 Å². The number of unbranched alkanes of at least 4 members (excludes halogenated alkanes) is 3. The zero-order valence-electron chi connectivity index (χ0n) is 14.1. The molecule has 1 heterocycles. The summed E-state index contributed by atoms with van der Waals surface area (Å²) < 4.78 is 6.32. The highest BCUT2D eigenvalue weighted by molar-refractivity contribution is 7.21. The molecule has 0 atom stereocenters. The average molecular weight is 349 g/mol. The first kappa shape index (κ1) is 18.3. The van der Waals surface area contributed by atoms with Crippen LogP contribution in [0.15, 0.2) is 18.2 Å². The van der Waals surface area contributed by atoms with Crippen LogP contribution in [0.5, 0.6) is 5.75 Å². The van der Waals surface area contributed by atoms with Crippen molar-refractivity contribution in [3.05, 3.63) is 28.6 Å². The molecule has 0 aliphatic carbocycles. The van der Waals surface area contributed by atoms with Gasteiger partial charge in [-0.15, -0.1) is 11.3 Å². The summed E-state index contributed by atoms with van der Waals surface area (Å²) >= 11 is 1.49. The van der Waals surface area contributed by atoms with Crippen LogP contribution in [0.3, 0.4) is 0 Å². The number of thiophene rings is 1. The van der Waals surface area contributed by atoms with Crippen LogP contribution in [0, 0.1) is 6.92 Å². The van der Waals surface area contributed by atoms with Gasteiger partial charge in [-0.3, -0.25) is 9.59 Å². The summed E-state index contributed by atoms with van der Waals surface area (Å²) in [5.74, 6) is -0.00454. The Morgan fingerprint density at radius 2 is 1.96 bits per heavy atom. The van der Waals surface area contributed by atoms with Gasteiger partial charge in [0.15, 0.2) is 0 Å². The summed E-state index contributed by atoms with van der Waals surface area (Å²) in [6, 6.07) is 5.84. The van der Waals surface area contributed by atoms with Crippen LogP contribution in [0.25, 0.3) is 10.1 Å². The molecule has 0 saturated carbocycles. The van der Waals surface area contributed by atoms with Crippen LogP contribution in [0.1, 0.15) is 47.3 Å². The number of ether oxygens (including phenoxy) is 1. The fourth-order valence-corrected chi connectivity index (χ4v) is 3.69. The maximum atomic E-state index is 12.4. The molecule has 0 radical (unpaired) electrons. The summed E-state index contributed by atoms with van der Waals surface area (Å²) in [7, 11) is 1.63. The number of aliphatic carboxylic acids is 1. The van der Waals surface area contributed by atoms with E-state index >= 15 is 0 Å². The van der Waals surface area contributed by atoms with Crippen LogP contribution >= 0.6 is 11.3 Å². The number of benzene rings is 1. The maximum absolute atomic E-state index is 12.4. The van der Waals surface area contributed by atoms with Crippen molar-refractivity contribution in [1.82, 2.24) is 5.32 Å². The van der Waals surface area contributed by atoms with Crippen LogP contribution in [-0.4, -0.2) is 30.6 Å². The normalized spacial score (nSPS) is 10.8. The van der Waals surface area contributed by atoms with Crippen molar-refractivity contribution < 1.29 is 19.4 Å². The number of carbonyl (C=O) groups is 2. The Morgan fingerprint density at radius 3 is 2.67 bits per heavy atom. The minimum Gasteiger partial charge on any atom is -0.497 e. The van der Waals surface area contributed by atoms with E-state index in [1.165, 1.54) is 11.3 Å². The predicted molar refractivity (Wildman–Crippen MR) is 96.2 cm³/mol. The van der Waals surface area contributed by atoms with Gasteiger partial charge in [0.05, 0.1) is 12.0 Å². The first-order valence-corrected chi connectivity index (χ1v) is 8.91. The van der Waals surface area contributed by atoms with E-state index in [9.17, 15) is 9.59 Å². The summed E-state index contributed by atoms with van der Waals surface area (Å²) in [5, 5.41) is 12.6. The molecular formula is C18H23NO4S. The Labute approximate surface area is 145 Å². The fourth-order valence-electron chi connectivity index (χ4n) is 2.58. The lowest BCUT2D eigenvalue weighted by molar-refractivity contribution is -0.137. The van der Waals surface area contributed by atoms with E-state index in [1.807, 2.05) is 25.1 Å². The molecule has 1 amide bonds. The Hall–Kier alpha value is -2.08. The van der Waals surface area contributed by atoms with Gasteiger partial charge >= 0.3 is 5.97 Å². The van der Waals surface area contributed by atoms with Crippen LogP contribution < -0.4 is 10.1 Å². The minimum absolute atomic E-state index is 0.0433. The molecule has 1 aromatic heterocycles. The molecule has 0 unspecified atom stereocenters. The molecule has 1 aromatic carbocycles. The van der Waals surface area contributed by atoms with Crippen molar-refractivity contribution >= 4 is 33.3 Å². The number of methoxy groups -OCH3 is 1. The maximum Gasteiger partial charge on any atom is 0.303 e. The van der Waals surface area contributed by atoms with Crippen molar-refractivity contribution in [2.24, 2.45) is 0 Å². The van der Waals surface area contributed by atoms with E-state index in [1.54, 1.807) is 7.11 Å². The predicted octanol–water partition coefficient (Wildman–Crippen LogP) is 3.98. The smallest absolute Gasteiger partial charge is 0.303 e. The molecule has 5 nitrogen and oxygen atoms in total. The molecule has 0 fully saturated rings. The van der Waals surface area contributed by atoms with Crippen molar-refractivity contribution in [2.45, 2.75) is 39.0 Å². The van der Waals surface area contributed by atoms with Gasteiger partial charge in [-0.05, 0) is 48.9 Å². The minimum atomic E-state index is -0.750. The van der Waals surface area contributed by atoms with E-state index < -0.39 is 5.97 Å².